The van der Waals surface area contributed by atoms with E-state index in [-0.39, 0.29) is 11.9 Å². The molecule has 1 aromatic carbocycles. The van der Waals surface area contributed by atoms with Crippen molar-refractivity contribution in [3.8, 4) is 11.3 Å². The van der Waals surface area contributed by atoms with E-state index in [2.05, 4.69) is 11.2 Å². The van der Waals surface area contributed by atoms with Crippen LogP contribution < -0.4 is 0 Å². The van der Waals surface area contributed by atoms with Gasteiger partial charge >= 0.3 is 0 Å². The van der Waals surface area contributed by atoms with Gasteiger partial charge in [-0.3, -0.25) is 4.79 Å². The molecular weight excluding hydrogens is 391 g/mol. The highest BCUT2D eigenvalue weighted by Gasteiger charge is 2.35. The van der Waals surface area contributed by atoms with Crippen molar-refractivity contribution in [1.82, 2.24) is 10.1 Å². The Labute approximate surface area is 165 Å². The first-order chi connectivity index (χ1) is 12.6. The van der Waals surface area contributed by atoms with Crippen LogP contribution in [0.3, 0.4) is 0 Å². The summed E-state index contributed by atoms with van der Waals surface area (Å²) < 4.78 is 5.35. The molecule has 4 rings (SSSR count). The topological polar surface area (TPSA) is 46.3 Å². The van der Waals surface area contributed by atoms with Crippen LogP contribution in [0.2, 0.25) is 10.0 Å². The van der Waals surface area contributed by atoms with Crippen molar-refractivity contribution in [2.75, 3.05) is 6.54 Å². The standard InChI is InChI=1S/C19H16Cl2N2O2S/c1-11-16(18(22-25-11)17-12(20)5-2-6-13(17)21)19(24)23-9-3-7-14(23)15-8-4-10-26-15/h2,4-6,8,10,14H,3,7,9H2,1H3. The molecule has 7 heteroatoms. The maximum atomic E-state index is 13.4. The SMILES string of the molecule is Cc1onc(-c2c(Cl)cccc2Cl)c1C(=O)N1CCCC1c1cccs1. The molecule has 1 aliphatic heterocycles. The fourth-order valence-electron chi connectivity index (χ4n) is 3.45. The monoisotopic (exact) mass is 406 g/mol. The smallest absolute Gasteiger partial charge is 0.260 e. The average molecular weight is 407 g/mol. The molecule has 0 bridgehead atoms. The van der Waals surface area contributed by atoms with E-state index in [1.165, 1.54) is 4.88 Å². The van der Waals surface area contributed by atoms with E-state index in [4.69, 9.17) is 27.7 Å². The van der Waals surface area contributed by atoms with Crippen LogP contribution in [0, 0.1) is 6.92 Å². The predicted octanol–water partition coefficient (Wildman–Crippen LogP) is 6.00. The first-order valence-corrected chi connectivity index (χ1v) is 9.96. The summed E-state index contributed by atoms with van der Waals surface area (Å²) >= 11 is 14.3. The highest BCUT2D eigenvalue weighted by molar-refractivity contribution is 7.10. The molecule has 1 amide bonds. The first-order valence-electron chi connectivity index (χ1n) is 8.33. The molecule has 4 nitrogen and oxygen atoms in total. The second-order valence-corrected chi connectivity index (χ2v) is 8.02. The van der Waals surface area contributed by atoms with Crippen LogP contribution in [-0.2, 0) is 0 Å². The van der Waals surface area contributed by atoms with Crippen molar-refractivity contribution < 1.29 is 9.32 Å². The molecule has 2 aromatic heterocycles. The number of aromatic nitrogens is 1. The van der Waals surface area contributed by atoms with E-state index in [1.807, 2.05) is 16.3 Å². The third-order valence-corrected chi connectivity index (χ3v) is 6.26. The highest BCUT2D eigenvalue weighted by atomic mass is 35.5. The number of carbonyl (C=O) groups excluding carboxylic acids is 1. The number of rotatable bonds is 3. The molecular formula is C19H16Cl2N2O2S. The van der Waals surface area contributed by atoms with Crippen molar-refractivity contribution in [3.63, 3.8) is 0 Å². The molecule has 1 aliphatic rings. The van der Waals surface area contributed by atoms with Crippen LogP contribution in [0.15, 0.2) is 40.2 Å². The van der Waals surface area contributed by atoms with Gasteiger partial charge in [-0.25, -0.2) is 0 Å². The number of amides is 1. The first kappa shape index (κ1) is 17.6. The van der Waals surface area contributed by atoms with Crippen molar-refractivity contribution in [1.29, 1.82) is 0 Å². The number of thiophene rings is 1. The van der Waals surface area contributed by atoms with Gasteiger partial charge in [0, 0.05) is 17.0 Å². The Morgan fingerprint density at radius 1 is 1.27 bits per heavy atom. The number of hydrogen-bond acceptors (Lipinski definition) is 4. The number of benzene rings is 1. The van der Waals surface area contributed by atoms with Gasteiger partial charge in [0.05, 0.1) is 16.1 Å². The summed E-state index contributed by atoms with van der Waals surface area (Å²) in [6.07, 6.45) is 1.93. The molecule has 3 aromatic rings. The summed E-state index contributed by atoms with van der Waals surface area (Å²) in [6, 6.07) is 9.40. The number of aryl methyl sites for hydroxylation is 1. The third kappa shape index (κ3) is 2.94. The van der Waals surface area contributed by atoms with Crippen LogP contribution in [-0.4, -0.2) is 22.5 Å². The van der Waals surface area contributed by atoms with Gasteiger partial charge in [-0.15, -0.1) is 11.3 Å². The highest BCUT2D eigenvalue weighted by Crippen LogP contribution is 2.40. The largest absolute Gasteiger partial charge is 0.360 e. The number of hydrogen-bond donors (Lipinski definition) is 0. The lowest BCUT2D eigenvalue weighted by molar-refractivity contribution is 0.0737. The summed E-state index contributed by atoms with van der Waals surface area (Å²) in [7, 11) is 0. The minimum absolute atomic E-state index is 0.0892. The van der Waals surface area contributed by atoms with Crippen molar-refractivity contribution in [2.24, 2.45) is 0 Å². The Hall–Kier alpha value is -1.82. The lowest BCUT2D eigenvalue weighted by atomic mass is 10.0. The van der Waals surface area contributed by atoms with Crippen LogP contribution in [0.4, 0.5) is 0 Å². The van der Waals surface area contributed by atoms with Gasteiger partial charge in [-0.2, -0.15) is 0 Å². The number of likely N-dealkylation sites (tertiary alicyclic amines) is 1. The van der Waals surface area contributed by atoms with Crippen LogP contribution in [0.1, 0.15) is 39.9 Å². The Morgan fingerprint density at radius 2 is 2.04 bits per heavy atom. The molecule has 1 saturated heterocycles. The van der Waals surface area contributed by atoms with Crippen molar-refractivity contribution in [3.05, 3.63) is 62.0 Å². The summed E-state index contributed by atoms with van der Waals surface area (Å²) in [5, 5.41) is 7.02. The molecule has 134 valence electrons. The molecule has 0 saturated carbocycles. The van der Waals surface area contributed by atoms with Gasteiger partial charge in [-0.05, 0) is 43.3 Å². The van der Waals surface area contributed by atoms with E-state index in [0.717, 1.165) is 12.8 Å². The zero-order chi connectivity index (χ0) is 18.3. The van der Waals surface area contributed by atoms with Gasteiger partial charge in [-0.1, -0.05) is 40.5 Å². The average Bonchev–Trinajstić information content (AvgIpc) is 3.34. The summed E-state index contributed by atoms with van der Waals surface area (Å²) in [6.45, 7) is 2.45. The van der Waals surface area contributed by atoms with Gasteiger partial charge in [0.25, 0.3) is 5.91 Å². The van der Waals surface area contributed by atoms with Crippen LogP contribution >= 0.6 is 34.5 Å². The zero-order valence-corrected chi connectivity index (χ0v) is 16.4. The van der Waals surface area contributed by atoms with Gasteiger partial charge < -0.3 is 9.42 Å². The van der Waals surface area contributed by atoms with Crippen LogP contribution in [0.5, 0.6) is 0 Å². The summed E-state index contributed by atoms with van der Waals surface area (Å²) in [5.41, 5.74) is 1.37. The molecule has 0 N–H and O–H groups in total. The van der Waals surface area contributed by atoms with E-state index in [1.54, 1.807) is 36.5 Å². The number of nitrogens with zero attached hydrogens (tertiary/aromatic N) is 2. The lowest BCUT2D eigenvalue weighted by Crippen LogP contribution is -2.30. The quantitative estimate of drug-likeness (QED) is 0.535. The van der Waals surface area contributed by atoms with Crippen molar-refractivity contribution in [2.45, 2.75) is 25.8 Å². The third-order valence-electron chi connectivity index (χ3n) is 4.66. The fraction of sp³-hybridized carbons (Fsp3) is 0.263. The minimum atomic E-state index is -0.0920. The molecule has 26 heavy (non-hydrogen) atoms. The van der Waals surface area contributed by atoms with Gasteiger partial charge in [0.2, 0.25) is 0 Å². The normalized spacial score (nSPS) is 17.0. The van der Waals surface area contributed by atoms with E-state index in [0.29, 0.717) is 39.2 Å². The molecule has 0 radical (unpaired) electrons. The maximum Gasteiger partial charge on any atom is 0.260 e. The summed E-state index contributed by atoms with van der Waals surface area (Å²) in [5.74, 6) is 0.378. The van der Waals surface area contributed by atoms with Gasteiger partial charge in [0.1, 0.15) is 17.0 Å². The second-order valence-electron chi connectivity index (χ2n) is 6.23. The minimum Gasteiger partial charge on any atom is -0.360 e. The van der Waals surface area contributed by atoms with Crippen molar-refractivity contribution >= 4 is 40.4 Å². The Balaban J connectivity index is 1.77. The second kappa shape index (κ2) is 7.06. The number of carbonyl (C=O) groups is 1. The molecule has 3 heterocycles. The maximum absolute atomic E-state index is 13.4. The van der Waals surface area contributed by atoms with E-state index >= 15 is 0 Å². The molecule has 1 fully saturated rings. The molecule has 0 aliphatic carbocycles. The summed E-state index contributed by atoms with van der Waals surface area (Å²) in [4.78, 5) is 16.5. The lowest BCUT2D eigenvalue weighted by Gasteiger charge is -2.24. The van der Waals surface area contributed by atoms with E-state index < -0.39 is 0 Å². The van der Waals surface area contributed by atoms with E-state index in [9.17, 15) is 4.79 Å². The Morgan fingerprint density at radius 3 is 2.73 bits per heavy atom. The molecule has 0 spiro atoms. The zero-order valence-electron chi connectivity index (χ0n) is 14.0. The molecule has 1 unspecified atom stereocenters. The Kier molecular flexibility index (Phi) is 4.78. The predicted molar refractivity (Wildman–Crippen MR) is 104 cm³/mol. The molecule has 1 atom stereocenters. The van der Waals surface area contributed by atoms with Gasteiger partial charge in [0.15, 0.2) is 0 Å². The van der Waals surface area contributed by atoms with Crippen LogP contribution in [0.25, 0.3) is 11.3 Å². The Bertz CT molecular complexity index is 932. The fourth-order valence-corrected chi connectivity index (χ4v) is 4.90. The number of halogens is 2.